The van der Waals surface area contributed by atoms with Gasteiger partial charge in [-0.3, -0.25) is 9.89 Å². The van der Waals surface area contributed by atoms with E-state index in [0.29, 0.717) is 24.0 Å². The van der Waals surface area contributed by atoms with Crippen LogP contribution in [-0.2, 0) is 4.79 Å². The molecular weight excluding hydrogens is 246 g/mol. The zero-order valence-corrected chi connectivity index (χ0v) is 11.2. The molecule has 3 N–H and O–H groups in total. The smallest absolute Gasteiger partial charge is 0.241 e. The van der Waals surface area contributed by atoms with E-state index in [1.54, 1.807) is 25.2 Å². The number of amides is 1. The Morgan fingerprint density at radius 1 is 1.47 bits per heavy atom. The summed E-state index contributed by atoms with van der Waals surface area (Å²) in [6.45, 7) is 2.79. The molecule has 0 radical (unpaired) electrons. The fourth-order valence-corrected chi connectivity index (χ4v) is 1.55. The molecule has 0 atom stereocenters. The highest BCUT2D eigenvalue weighted by Crippen LogP contribution is 2.19. The summed E-state index contributed by atoms with van der Waals surface area (Å²) in [4.78, 5) is 21.9. The molecule has 2 aromatic rings. The lowest BCUT2D eigenvalue weighted by Crippen LogP contribution is -2.32. The van der Waals surface area contributed by atoms with Gasteiger partial charge in [0.2, 0.25) is 11.9 Å². The van der Waals surface area contributed by atoms with Crippen LogP contribution in [0.15, 0.2) is 6.20 Å². The highest BCUT2D eigenvalue weighted by Gasteiger charge is 2.11. The number of fused-ring (bicyclic) bond motifs is 1. The first-order chi connectivity index (χ1) is 9.15. The van der Waals surface area contributed by atoms with E-state index in [2.05, 4.69) is 30.8 Å². The molecule has 1 amide bonds. The topological polar surface area (TPSA) is 98.8 Å². The van der Waals surface area contributed by atoms with Crippen LogP contribution in [0.1, 0.15) is 6.92 Å². The Labute approximate surface area is 110 Å². The molecule has 2 heterocycles. The number of carbonyl (C=O) groups is 1. The van der Waals surface area contributed by atoms with Crippen molar-refractivity contribution in [2.24, 2.45) is 0 Å². The second-order valence-corrected chi connectivity index (χ2v) is 4.04. The van der Waals surface area contributed by atoms with Crippen molar-refractivity contribution < 1.29 is 4.79 Å². The molecule has 0 saturated heterocycles. The summed E-state index contributed by atoms with van der Waals surface area (Å²) in [5.74, 6) is 1.06. The van der Waals surface area contributed by atoms with Gasteiger partial charge in [-0.05, 0) is 6.92 Å². The lowest BCUT2D eigenvalue weighted by Gasteiger charge is -2.15. The molecule has 0 unspecified atom stereocenters. The van der Waals surface area contributed by atoms with E-state index in [0.717, 1.165) is 5.39 Å². The van der Waals surface area contributed by atoms with E-state index in [4.69, 9.17) is 0 Å². The minimum absolute atomic E-state index is 0.00349. The van der Waals surface area contributed by atoms with Gasteiger partial charge in [-0.1, -0.05) is 0 Å². The number of anilines is 2. The maximum absolute atomic E-state index is 11.8. The SMILES string of the molecule is CCN(C)C(=O)CNc1nc(NC)nc2[nH]ncc12. The predicted octanol–water partition coefficient (Wildman–Crippen LogP) is 0.285. The third-order valence-corrected chi connectivity index (χ3v) is 2.84. The molecule has 8 heteroatoms. The molecule has 0 saturated carbocycles. The fourth-order valence-electron chi connectivity index (χ4n) is 1.55. The third kappa shape index (κ3) is 2.72. The number of hydrogen-bond donors (Lipinski definition) is 3. The van der Waals surface area contributed by atoms with Crippen LogP contribution < -0.4 is 10.6 Å². The second-order valence-electron chi connectivity index (χ2n) is 4.04. The second kappa shape index (κ2) is 5.51. The number of nitrogens with zero attached hydrogens (tertiary/aromatic N) is 4. The molecule has 102 valence electrons. The maximum Gasteiger partial charge on any atom is 0.241 e. The van der Waals surface area contributed by atoms with Crippen molar-refractivity contribution in [1.82, 2.24) is 25.1 Å². The summed E-state index contributed by atoms with van der Waals surface area (Å²) in [6.07, 6.45) is 1.63. The zero-order valence-electron chi connectivity index (χ0n) is 11.2. The van der Waals surface area contributed by atoms with Gasteiger partial charge >= 0.3 is 0 Å². The van der Waals surface area contributed by atoms with E-state index in [1.165, 1.54) is 0 Å². The standard InChI is InChI=1S/C11H17N7O/c1-4-18(3)8(19)6-13-9-7-5-14-17-10(7)16-11(12-2)15-9/h5H,4,6H2,1-3H3,(H3,12,13,14,15,16,17). The number of rotatable bonds is 5. The molecule has 0 aliphatic carbocycles. The van der Waals surface area contributed by atoms with Gasteiger partial charge in [0.15, 0.2) is 5.65 Å². The van der Waals surface area contributed by atoms with Gasteiger partial charge in [0.25, 0.3) is 0 Å². The predicted molar refractivity (Wildman–Crippen MR) is 73.0 cm³/mol. The first-order valence-electron chi connectivity index (χ1n) is 6.02. The molecule has 0 aliphatic rings. The van der Waals surface area contributed by atoms with Crippen molar-refractivity contribution in [2.75, 3.05) is 37.8 Å². The molecule has 19 heavy (non-hydrogen) atoms. The quantitative estimate of drug-likeness (QED) is 0.717. The van der Waals surface area contributed by atoms with Crippen molar-refractivity contribution in [3.63, 3.8) is 0 Å². The summed E-state index contributed by atoms with van der Waals surface area (Å²) in [5, 5.41) is 13.3. The maximum atomic E-state index is 11.8. The Balaban J connectivity index is 2.19. The first-order valence-corrected chi connectivity index (χ1v) is 6.02. The van der Waals surface area contributed by atoms with Gasteiger partial charge in [0, 0.05) is 20.6 Å². The molecule has 0 fully saturated rings. The molecule has 2 aromatic heterocycles. The Morgan fingerprint density at radius 3 is 2.95 bits per heavy atom. The number of carbonyl (C=O) groups excluding carboxylic acids is 1. The van der Waals surface area contributed by atoms with Crippen LogP contribution in [0.2, 0.25) is 0 Å². The number of likely N-dealkylation sites (N-methyl/N-ethyl adjacent to an activating group) is 1. The van der Waals surface area contributed by atoms with E-state index < -0.39 is 0 Å². The number of H-pyrrole nitrogens is 1. The number of aromatic amines is 1. The van der Waals surface area contributed by atoms with Crippen LogP contribution in [0.3, 0.4) is 0 Å². The van der Waals surface area contributed by atoms with Gasteiger partial charge in [-0.2, -0.15) is 15.1 Å². The van der Waals surface area contributed by atoms with E-state index >= 15 is 0 Å². The highest BCUT2D eigenvalue weighted by atomic mass is 16.2. The average molecular weight is 263 g/mol. The fraction of sp³-hybridized carbons (Fsp3) is 0.455. The molecule has 2 rings (SSSR count). The van der Waals surface area contributed by atoms with Crippen LogP contribution in [-0.4, -0.2) is 58.2 Å². The van der Waals surface area contributed by atoms with Crippen molar-refractivity contribution in [3.8, 4) is 0 Å². The van der Waals surface area contributed by atoms with E-state index in [1.807, 2.05) is 6.92 Å². The minimum atomic E-state index is 0.00349. The van der Waals surface area contributed by atoms with Crippen LogP contribution in [0, 0.1) is 0 Å². The molecule has 8 nitrogen and oxygen atoms in total. The van der Waals surface area contributed by atoms with Crippen LogP contribution in [0.25, 0.3) is 11.0 Å². The van der Waals surface area contributed by atoms with Crippen molar-refractivity contribution >= 4 is 28.7 Å². The van der Waals surface area contributed by atoms with Crippen molar-refractivity contribution in [3.05, 3.63) is 6.20 Å². The van der Waals surface area contributed by atoms with Crippen molar-refractivity contribution in [2.45, 2.75) is 6.92 Å². The van der Waals surface area contributed by atoms with Crippen molar-refractivity contribution in [1.29, 1.82) is 0 Å². The number of aromatic nitrogens is 4. The van der Waals surface area contributed by atoms with E-state index in [-0.39, 0.29) is 12.5 Å². The van der Waals surface area contributed by atoms with Gasteiger partial charge in [-0.25, -0.2) is 0 Å². The Hall–Kier alpha value is -2.38. The average Bonchev–Trinajstić information content (AvgIpc) is 2.91. The Morgan fingerprint density at radius 2 is 2.26 bits per heavy atom. The summed E-state index contributed by atoms with van der Waals surface area (Å²) in [6, 6.07) is 0. The van der Waals surface area contributed by atoms with Gasteiger partial charge < -0.3 is 15.5 Å². The molecule has 0 aromatic carbocycles. The largest absolute Gasteiger partial charge is 0.360 e. The lowest BCUT2D eigenvalue weighted by atomic mass is 10.4. The zero-order chi connectivity index (χ0) is 13.8. The van der Waals surface area contributed by atoms with Crippen LogP contribution in [0.5, 0.6) is 0 Å². The molecule has 0 bridgehead atoms. The number of nitrogens with one attached hydrogen (secondary N) is 3. The summed E-state index contributed by atoms with van der Waals surface area (Å²) in [7, 11) is 3.49. The molecular formula is C11H17N7O. The summed E-state index contributed by atoms with van der Waals surface area (Å²) in [5.41, 5.74) is 0.623. The van der Waals surface area contributed by atoms with Gasteiger partial charge in [0.1, 0.15) is 5.82 Å². The summed E-state index contributed by atoms with van der Waals surface area (Å²) >= 11 is 0. The minimum Gasteiger partial charge on any atom is -0.360 e. The highest BCUT2D eigenvalue weighted by molar-refractivity contribution is 5.89. The monoisotopic (exact) mass is 263 g/mol. The van der Waals surface area contributed by atoms with Gasteiger partial charge in [-0.15, -0.1) is 0 Å². The first kappa shape index (κ1) is 13.1. The van der Waals surface area contributed by atoms with E-state index in [9.17, 15) is 4.79 Å². The lowest BCUT2D eigenvalue weighted by molar-refractivity contribution is -0.127. The van der Waals surface area contributed by atoms with Crippen LogP contribution >= 0.6 is 0 Å². The number of hydrogen-bond acceptors (Lipinski definition) is 6. The van der Waals surface area contributed by atoms with Crippen LogP contribution in [0.4, 0.5) is 11.8 Å². The Bertz CT molecular complexity index is 579. The normalized spacial score (nSPS) is 10.5. The third-order valence-electron chi connectivity index (χ3n) is 2.84. The molecule has 0 spiro atoms. The molecule has 0 aliphatic heterocycles. The summed E-state index contributed by atoms with van der Waals surface area (Å²) < 4.78 is 0. The Kier molecular flexibility index (Phi) is 3.79. The van der Waals surface area contributed by atoms with Gasteiger partial charge in [0.05, 0.1) is 18.1 Å².